The van der Waals surface area contributed by atoms with E-state index in [9.17, 15) is 4.79 Å². The number of nitrogens with one attached hydrogen (secondary N) is 1. The number of benzene rings is 1. The van der Waals surface area contributed by atoms with Crippen LogP contribution in [0.3, 0.4) is 0 Å². The van der Waals surface area contributed by atoms with Crippen LogP contribution in [0.1, 0.15) is 44.5 Å². The fourth-order valence-electron chi connectivity index (χ4n) is 3.68. The van der Waals surface area contributed by atoms with Crippen LogP contribution in [0.15, 0.2) is 36.4 Å². The molecule has 32 heavy (non-hydrogen) atoms. The Bertz CT molecular complexity index is 1050. The highest BCUT2D eigenvalue weighted by Gasteiger charge is 2.19. The van der Waals surface area contributed by atoms with Gasteiger partial charge in [0.15, 0.2) is 5.65 Å². The summed E-state index contributed by atoms with van der Waals surface area (Å²) in [4.78, 5) is 24.8. The van der Waals surface area contributed by atoms with Gasteiger partial charge in [-0.05, 0) is 49.1 Å². The largest absolute Gasteiger partial charge is 0.356 e. The van der Waals surface area contributed by atoms with E-state index in [1.54, 1.807) is 24.3 Å². The molecule has 0 unspecified atom stereocenters. The molecule has 2 aromatic heterocycles. The molecule has 1 amide bonds. The summed E-state index contributed by atoms with van der Waals surface area (Å²) in [5.41, 5.74) is 7.64. The van der Waals surface area contributed by atoms with Gasteiger partial charge in [-0.2, -0.15) is 0 Å². The number of aryl methyl sites for hydroxylation is 1. The van der Waals surface area contributed by atoms with Crippen molar-refractivity contribution in [2.24, 2.45) is 17.6 Å². The predicted octanol–water partition coefficient (Wildman–Crippen LogP) is 4.80. The Hall–Kier alpha value is -2.64. The summed E-state index contributed by atoms with van der Waals surface area (Å²) in [5, 5.41) is 3.31. The lowest BCUT2D eigenvalue weighted by atomic mass is 10.1. The second-order valence-electron chi connectivity index (χ2n) is 8.87. The van der Waals surface area contributed by atoms with E-state index in [4.69, 9.17) is 22.3 Å². The van der Waals surface area contributed by atoms with Gasteiger partial charge in [0.25, 0.3) is 5.91 Å². The van der Waals surface area contributed by atoms with Crippen molar-refractivity contribution in [3.05, 3.63) is 47.0 Å². The first-order chi connectivity index (χ1) is 15.3. The lowest BCUT2D eigenvalue weighted by Crippen LogP contribution is -2.32. The Morgan fingerprint density at radius 1 is 1.09 bits per heavy atom. The molecule has 0 spiro atoms. The first-order valence-corrected chi connectivity index (χ1v) is 11.6. The maximum Gasteiger partial charge on any atom is 0.259 e. The van der Waals surface area contributed by atoms with Gasteiger partial charge in [-0.25, -0.2) is 9.97 Å². The third-order valence-corrected chi connectivity index (χ3v) is 5.33. The van der Waals surface area contributed by atoms with E-state index in [2.05, 4.69) is 42.9 Å². The number of halogens is 1. The van der Waals surface area contributed by atoms with Crippen LogP contribution in [0.25, 0.3) is 11.2 Å². The normalized spacial score (nSPS) is 11.5. The first-order valence-electron chi connectivity index (χ1n) is 11.2. The third-order valence-electron chi connectivity index (χ3n) is 5.00. The number of rotatable bonds is 10. The fraction of sp³-hybridized carbons (Fsp3) is 0.458. The number of anilines is 2. The second kappa shape index (κ2) is 10.8. The Balaban J connectivity index is 2.00. The van der Waals surface area contributed by atoms with Gasteiger partial charge in [0.1, 0.15) is 11.3 Å². The van der Waals surface area contributed by atoms with E-state index >= 15 is 0 Å². The number of imidazole rings is 1. The average Bonchev–Trinajstić information content (AvgIpc) is 3.07. The van der Waals surface area contributed by atoms with Crippen molar-refractivity contribution in [1.29, 1.82) is 0 Å². The smallest absolute Gasteiger partial charge is 0.259 e. The number of nitrogens with two attached hydrogens (primary N) is 1. The maximum absolute atomic E-state index is 12.9. The summed E-state index contributed by atoms with van der Waals surface area (Å²) in [5.74, 6) is 2.08. The van der Waals surface area contributed by atoms with Crippen LogP contribution in [-0.2, 0) is 6.54 Å². The quantitative estimate of drug-likeness (QED) is 0.457. The first kappa shape index (κ1) is 24.0. The highest BCUT2D eigenvalue weighted by atomic mass is 35.5. The minimum absolute atomic E-state index is 0.304. The van der Waals surface area contributed by atoms with E-state index in [1.807, 2.05) is 16.7 Å². The summed E-state index contributed by atoms with van der Waals surface area (Å²) in [7, 11) is 0. The molecule has 2 heterocycles. The Morgan fingerprint density at radius 3 is 2.41 bits per heavy atom. The predicted molar refractivity (Wildman–Crippen MR) is 132 cm³/mol. The van der Waals surface area contributed by atoms with E-state index in [0.29, 0.717) is 41.5 Å². The number of amides is 1. The molecule has 172 valence electrons. The van der Waals surface area contributed by atoms with Crippen molar-refractivity contribution in [1.82, 2.24) is 14.5 Å². The van der Waals surface area contributed by atoms with Gasteiger partial charge in [0.05, 0.1) is 10.6 Å². The Kier molecular flexibility index (Phi) is 8.10. The van der Waals surface area contributed by atoms with E-state index in [-0.39, 0.29) is 5.91 Å². The molecule has 0 aliphatic rings. The summed E-state index contributed by atoms with van der Waals surface area (Å²) in [6, 6.07) is 10.9. The van der Waals surface area contributed by atoms with Gasteiger partial charge in [-0.15, -0.1) is 0 Å². The van der Waals surface area contributed by atoms with Crippen LogP contribution in [0.2, 0.25) is 5.02 Å². The summed E-state index contributed by atoms with van der Waals surface area (Å²) in [6.45, 7) is 11.8. The molecular formula is C24H33ClN6O. The lowest BCUT2D eigenvalue weighted by molar-refractivity contribution is 0.102. The lowest BCUT2D eigenvalue weighted by Gasteiger charge is -2.27. The standard InChI is InChI=1S/C24H33ClN6O/c1-16(2)14-30(15-17(3)4)21-11-10-20-22(28-21)31(13-7-12-26)24(27-20)29-23(32)18-8-5-6-9-19(18)25/h5-6,8-11,16-17H,7,12-15,26H2,1-4H3,(H,27,29,32). The SMILES string of the molecule is CC(C)CN(CC(C)C)c1ccc2nc(NC(=O)c3ccccc3Cl)n(CCCN)c2n1. The molecule has 7 nitrogen and oxygen atoms in total. The molecule has 0 bridgehead atoms. The molecular weight excluding hydrogens is 424 g/mol. The number of fused-ring (bicyclic) bond motifs is 1. The number of nitrogens with zero attached hydrogens (tertiary/aromatic N) is 4. The van der Waals surface area contributed by atoms with E-state index in [1.165, 1.54) is 0 Å². The van der Waals surface area contributed by atoms with Gasteiger partial charge in [0.2, 0.25) is 5.95 Å². The molecule has 0 radical (unpaired) electrons. The second-order valence-corrected chi connectivity index (χ2v) is 9.28. The fourth-order valence-corrected chi connectivity index (χ4v) is 3.90. The molecule has 0 aliphatic heterocycles. The van der Waals surface area contributed by atoms with Crippen molar-refractivity contribution in [2.75, 3.05) is 29.9 Å². The van der Waals surface area contributed by atoms with E-state index < -0.39 is 0 Å². The zero-order valence-corrected chi connectivity index (χ0v) is 20.1. The van der Waals surface area contributed by atoms with Crippen LogP contribution < -0.4 is 16.0 Å². The van der Waals surface area contributed by atoms with Gasteiger partial charge >= 0.3 is 0 Å². The summed E-state index contributed by atoms with van der Waals surface area (Å²) < 4.78 is 1.93. The summed E-state index contributed by atoms with van der Waals surface area (Å²) >= 11 is 6.20. The molecule has 0 aliphatic carbocycles. The number of hydrogen-bond donors (Lipinski definition) is 2. The van der Waals surface area contributed by atoms with Crippen molar-refractivity contribution in [2.45, 2.75) is 40.7 Å². The molecule has 8 heteroatoms. The van der Waals surface area contributed by atoms with Crippen molar-refractivity contribution < 1.29 is 4.79 Å². The van der Waals surface area contributed by atoms with Crippen molar-refractivity contribution in [3.8, 4) is 0 Å². The monoisotopic (exact) mass is 456 g/mol. The van der Waals surface area contributed by atoms with Gasteiger partial charge in [-0.1, -0.05) is 51.4 Å². The number of carbonyl (C=O) groups is 1. The van der Waals surface area contributed by atoms with Crippen molar-refractivity contribution >= 4 is 40.4 Å². The zero-order valence-electron chi connectivity index (χ0n) is 19.3. The minimum Gasteiger partial charge on any atom is -0.356 e. The highest BCUT2D eigenvalue weighted by Crippen LogP contribution is 2.25. The molecule has 3 aromatic rings. The van der Waals surface area contributed by atoms with Crippen LogP contribution in [-0.4, -0.2) is 40.1 Å². The van der Waals surface area contributed by atoms with Crippen LogP contribution in [0.5, 0.6) is 0 Å². The molecule has 1 aromatic carbocycles. The van der Waals surface area contributed by atoms with Crippen LogP contribution >= 0.6 is 11.6 Å². The summed E-state index contributed by atoms with van der Waals surface area (Å²) in [6.07, 6.45) is 0.744. The third kappa shape index (κ3) is 5.78. The molecule has 3 N–H and O–H groups in total. The van der Waals surface area contributed by atoms with E-state index in [0.717, 1.165) is 36.5 Å². The Morgan fingerprint density at radius 2 is 1.78 bits per heavy atom. The molecule has 0 atom stereocenters. The Labute approximate surface area is 195 Å². The number of hydrogen-bond acceptors (Lipinski definition) is 5. The molecule has 0 saturated heterocycles. The number of aromatic nitrogens is 3. The van der Waals surface area contributed by atoms with Crippen molar-refractivity contribution in [3.63, 3.8) is 0 Å². The molecule has 3 rings (SSSR count). The number of carbonyl (C=O) groups excluding carboxylic acids is 1. The van der Waals surface area contributed by atoms with Gasteiger partial charge in [0, 0.05) is 19.6 Å². The minimum atomic E-state index is -0.304. The van der Waals surface area contributed by atoms with Gasteiger partial charge in [-0.3, -0.25) is 14.7 Å². The number of pyridine rings is 1. The zero-order chi connectivity index (χ0) is 23.3. The molecule has 0 saturated carbocycles. The highest BCUT2D eigenvalue weighted by molar-refractivity contribution is 6.34. The average molecular weight is 457 g/mol. The molecule has 0 fully saturated rings. The van der Waals surface area contributed by atoms with Gasteiger partial charge < -0.3 is 10.6 Å². The van der Waals surface area contributed by atoms with Crippen LogP contribution in [0, 0.1) is 11.8 Å². The topological polar surface area (TPSA) is 89.1 Å². The maximum atomic E-state index is 12.9. The van der Waals surface area contributed by atoms with Crippen LogP contribution in [0.4, 0.5) is 11.8 Å².